The number of benzene rings is 1. The van der Waals surface area contributed by atoms with Crippen molar-refractivity contribution in [3.63, 3.8) is 0 Å². The Morgan fingerprint density at radius 2 is 1.64 bits per heavy atom. The normalized spacial score (nSPS) is 10.5. The van der Waals surface area contributed by atoms with Crippen LogP contribution in [0.2, 0.25) is 0 Å². The first-order chi connectivity index (χ1) is 16.1. The minimum absolute atomic E-state index is 0.955. The van der Waals surface area contributed by atoms with Gasteiger partial charge in [0.2, 0.25) is 0 Å². The van der Waals surface area contributed by atoms with Gasteiger partial charge in [0.15, 0.2) is 0 Å². The van der Waals surface area contributed by atoms with Gasteiger partial charge in [-0.05, 0) is 55.3 Å². The quantitative estimate of drug-likeness (QED) is 0.277. The van der Waals surface area contributed by atoms with Crippen molar-refractivity contribution < 1.29 is 0 Å². The van der Waals surface area contributed by atoms with Crippen molar-refractivity contribution in [2.24, 2.45) is 5.73 Å². The van der Waals surface area contributed by atoms with E-state index in [1.54, 1.807) is 0 Å². The molecule has 4 nitrogen and oxygen atoms in total. The Kier molecular flexibility index (Phi) is 10.8. The van der Waals surface area contributed by atoms with Crippen molar-refractivity contribution in [1.82, 2.24) is 13.4 Å². The summed E-state index contributed by atoms with van der Waals surface area (Å²) in [5.41, 5.74) is 12.3. The predicted molar refractivity (Wildman–Crippen MR) is 149 cm³/mol. The summed E-state index contributed by atoms with van der Waals surface area (Å²) >= 11 is 4.83. The van der Waals surface area contributed by atoms with E-state index in [1.165, 1.54) is 36.5 Å². The number of imidazole rings is 1. The van der Waals surface area contributed by atoms with E-state index in [4.69, 9.17) is 17.8 Å². The SMILES string of the molecule is C=Cc1ccn2c(CCC)c(-c3cc4ccc(CCC)cc4n3S)nc2c1.CCCC.CN. The molecule has 0 spiro atoms. The summed E-state index contributed by atoms with van der Waals surface area (Å²) in [4.78, 5) is 4.97. The Bertz CT molecular complexity index is 1170. The second-order valence-corrected chi connectivity index (χ2v) is 8.43. The standard InChI is InChI=1S/C23H25N3S.C4H10.CH5N/c1-4-7-17-9-10-18-15-21(26(27)20(18)13-17)23-19(8-5-2)25-12-11-16(6-3)14-22(25)24-23;1-3-4-2;1-2/h6,9-15,27H,3-5,7-8H2,1-2H3;3-4H2,1-2H3;2H2,1H3. The molecule has 0 fully saturated rings. The van der Waals surface area contributed by atoms with Crippen molar-refractivity contribution in [1.29, 1.82) is 0 Å². The van der Waals surface area contributed by atoms with Gasteiger partial charge < -0.3 is 10.1 Å². The van der Waals surface area contributed by atoms with Crippen LogP contribution in [0.4, 0.5) is 0 Å². The molecular weight excluding hydrogens is 424 g/mol. The zero-order valence-electron chi connectivity index (χ0n) is 20.9. The van der Waals surface area contributed by atoms with Gasteiger partial charge in [0.05, 0.1) is 16.9 Å². The maximum atomic E-state index is 4.97. The molecule has 3 heterocycles. The first-order valence-electron chi connectivity index (χ1n) is 12.1. The predicted octanol–water partition coefficient (Wildman–Crippen LogP) is 7.58. The molecule has 0 aliphatic heterocycles. The van der Waals surface area contributed by atoms with E-state index in [2.05, 4.69) is 87.0 Å². The molecule has 0 saturated carbocycles. The lowest BCUT2D eigenvalue weighted by Crippen LogP contribution is -1.96. The maximum absolute atomic E-state index is 4.97. The summed E-state index contributed by atoms with van der Waals surface area (Å²) in [6.07, 6.45) is 10.9. The summed E-state index contributed by atoms with van der Waals surface area (Å²) in [5, 5.41) is 1.20. The lowest BCUT2D eigenvalue weighted by Gasteiger charge is -2.05. The van der Waals surface area contributed by atoms with Crippen molar-refractivity contribution in [3.8, 4) is 11.4 Å². The molecule has 4 aromatic rings. The molecule has 5 heteroatoms. The molecule has 1 aromatic carbocycles. The number of pyridine rings is 1. The monoisotopic (exact) mass is 464 g/mol. The van der Waals surface area contributed by atoms with Crippen LogP contribution in [-0.2, 0) is 12.8 Å². The number of aromatic nitrogens is 3. The molecule has 0 bridgehead atoms. The average molecular weight is 465 g/mol. The topological polar surface area (TPSA) is 48.2 Å². The smallest absolute Gasteiger partial charge is 0.138 e. The molecular formula is C28H40N4S. The first-order valence-corrected chi connectivity index (χ1v) is 12.5. The Morgan fingerprint density at radius 3 is 2.24 bits per heavy atom. The Hall–Kier alpha value is -2.50. The summed E-state index contributed by atoms with van der Waals surface area (Å²) < 4.78 is 4.18. The van der Waals surface area contributed by atoms with Gasteiger partial charge in [0, 0.05) is 11.6 Å². The number of hydrogen-bond acceptors (Lipinski definition) is 3. The highest BCUT2D eigenvalue weighted by Gasteiger charge is 2.18. The zero-order chi connectivity index (χ0) is 24.4. The van der Waals surface area contributed by atoms with Crippen LogP contribution in [0, 0.1) is 0 Å². The Balaban J connectivity index is 0.000000582. The number of hydrogen-bond donors (Lipinski definition) is 2. The molecule has 0 radical (unpaired) electrons. The van der Waals surface area contributed by atoms with Crippen LogP contribution in [0.3, 0.4) is 0 Å². The summed E-state index contributed by atoms with van der Waals surface area (Å²) in [6, 6.07) is 13.0. The van der Waals surface area contributed by atoms with Gasteiger partial charge in [0.1, 0.15) is 11.3 Å². The fraction of sp³-hybridized carbons (Fsp3) is 0.393. The van der Waals surface area contributed by atoms with Crippen LogP contribution >= 0.6 is 12.8 Å². The molecule has 0 amide bonds. The second-order valence-electron chi connectivity index (χ2n) is 8.03. The fourth-order valence-corrected chi connectivity index (χ4v) is 4.09. The van der Waals surface area contributed by atoms with E-state index in [9.17, 15) is 0 Å². The first kappa shape index (κ1) is 26.7. The Morgan fingerprint density at radius 1 is 0.939 bits per heavy atom. The van der Waals surface area contributed by atoms with Crippen LogP contribution in [0.25, 0.3) is 34.0 Å². The molecule has 0 aliphatic rings. The van der Waals surface area contributed by atoms with Gasteiger partial charge in [-0.3, -0.25) is 3.97 Å². The lowest BCUT2D eigenvalue weighted by atomic mass is 10.1. The fourth-order valence-electron chi connectivity index (χ4n) is 3.76. The van der Waals surface area contributed by atoms with Gasteiger partial charge in [-0.2, -0.15) is 0 Å². The van der Waals surface area contributed by atoms with Gasteiger partial charge in [-0.25, -0.2) is 4.98 Å². The second kappa shape index (κ2) is 13.3. The van der Waals surface area contributed by atoms with Gasteiger partial charge >= 0.3 is 0 Å². The molecule has 0 aliphatic carbocycles. The summed E-state index contributed by atoms with van der Waals surface area (Å²) in [6.45, 7) is 12.6. The van der Waals surface area contributed by atoms with Crippen molar-refractivity contribution in [2.75, 3.05) is 7.05 Å². The zero-order valence-corrected chi connectivity index (χ0v) is 21.8. The molecule has 0 unspecified atom stereocenters. The van der Waals surface area contributed by atoms with Crippen molar-refractivity contribution in [3.05, 3.63) is 66.0 Å². The highest BCUT2D eigenvalue weighted by atomic mass is 32.1. The molecule has 3 aromatic heterocycles. The van der Waals surface area contributed by atoms with E-state index in [0.717, 1.165) is 53.8 Å². The largest absolute Gasteiger partial charge is 0.333 e. The highest BCUT2D eigenvalue weighted by Crippen LogP contribution is 2.33. The van der Waals surface area contributed by atoms with E-state index in [1.807, 2.05) is 10.0 Å². The number of nitrogens with two attached hydrogens (primary N) is 1. The van der Waals surface area contributed by atoms with E-state index >= 15 is 0 Å². The number of rotatable bonds is 7. The van der Waals surface area contributed by atoms with Gasteiger partial charge in [-0.15, -0.1) is 0 Å². The van der Waals surface area contributed by atoms with Crippen molar-refractivity contribution >= 4 is 35.4 Å². The molecule has 2 N–H and O–H groups in total. The lowest BCUT2D eigenvalue weighted by molar-refractivity contribution is 0.869. The minimum Gasteiger partial charge on any atom is -0.333 e. The van der Waals surface area contributed by atoms with E-state index in [0.29, 0.717) is 0 Å². The van der Waals surface area contributed by atoms with Gasteiger partial charge in [-0.1, -0.05) is 91.0 Å². The van der Waals surface area contributed by atoms with E-state index < -0.39 is 0 Å². The maximum Gasteiger partial charge on any atom is 0.138 e. The number of fused-ring (bicyclic) bond motifs is 2. The number of unbranched alkanes of at least 4 members (excludes halogenated alkanes) is 1. The Labute approximate surface area is 205 Å². The number of nitrogens with zero attached hydrogens (tertiary/aromatic N) is 3. The van der Waals surface area contributed by atoms with E-state index in [-0.39, 0.29) is 0 Å². The molecule has 33 heavy (non-hydrogen) atoms. The molecule has 4 rings (SSSR count). The van der Waals surface area contributed by atoms with Gasteiger partial charge in [0.25, 0.3) is 0 Å². The molecule has 178 valence electrons. The number of aryl methyl sites for hydroxylation is 2. The summed E-state index contributed by atoms with van der Waals surface area (Å²) in [7, 11) is 1.50. The van der Waals surface area contributed by atoms with Crippen LogP contribution in [0.1, 0.15) is 70.2 Å². The molecule has 0 atom stereocenters. The minimum atomic E-state index is 0.955. The van der Waals surface area contributed by atoms with Crippen LogP contribution in [-0.4, -0.2) is 20.4 Å². The highest BCUT2D eigenvalue weighted by molar-refractivity contribution is 7.78. The third-order valence-corrected chi connectivity index (χ3v) is 6.03. The van der Waals surface area contributed by atoms with Crippen LogP contribution < -0.4 is 5.73 Å². The average Bonchev–Trinajstić information content (AvgIpc) is 3.37. The van der Waals surface area contributed by atoms with Crippen molar-refractivity contribution in [2.45, 2.75) is 66.2 Å². The van der Waals surface area contributed by atoms with Crippen LogP contribution in [0.15, 0.2) is 49.2 Å². The number of thiol groups is 1. The summed E-state index contributed by atoms with van der Waals surface area (Å²) in [5.74, 6) is 0. The molecule has 0 saturated heterocycles. The third-order valence-electron chi connectivity index (χ3n) is 5.60. The van der Waals surface area contributed by atoms with Crippen LogP contribution in [0.5, 0.6) is 0 Å². The third kappa shape index (κ3) is 6.10.